The van der Waals surface area contributed by atoms with E-state index in [1.54, 1.807) is 30.3 Å². The lowest BCUT2D eigenvalue weighted by molar-refractivity contribution is 0.0955. The molecule has 0 bridgehead atoms. The molecule has 0 fully saturated rings. The molecule has 1 amide bonds. The van der Waals surface area contributed by atoms with Crippen LogP contribution in [0, 0.1) is 0 Å². The molecule has 3 aromatic rings. The Bertz CT molecular complexity index is 958. The number of carbonyl (C=O) groups excluding carboxylic acids is 1. The highest BCUT2D eigenvalue weighted by atomic mass is 79.9. The molecule has 26 heavy (non-hydrogen) atoms. The van der Waals surface area contributed by atoms with Crippen molar-refractivity contribution in [2.75, 3.05) is 0 Å². The third-order valence-corrected chi connectivity index (χ3v) is 5.48. The lowest BCUT2D eigenvalue weighted by Crippen LogP contribution is -2.17. The third-order valence-electron chi connectivity index (χ3n) is 3.14. The van der Waals surface area contributed by atoms with Crippen LogP contribution in [0.1, 0.15) is 16.1 Å². The van der Waals surface area contributed by atoms with Gasteiger partial charge in [-0.1, -0.05) is 41.0 Å². The van der Waals surface area contributed by atoms with E-state index in [0.29, 0.717) is 26.5 Å². The number of hydrazone groups is 1. The molecular weight excluding hydrogens is 459 g/mol. The van der Waals surface area contributed by atoms with Crippen molar-refractivity contribution in [3.8, 4) is 0 Å². The summed E-state index contributed by atoms with van der Waals surface area (Å²) < 4.78 is 6.51. The number of nitrogens with one attached hydrogen (secondary N) is 1. The molecule has 0 aliphatic carbocycles. The van der Waals surface area contributed by atoms with E-state index in [1.807, 2.05) is 24.3 Å². The van der Waals surface area contributed by atoms with Crippen molar-refractivity contribution in [2.24, 2.45) is 5.10 Å². The van der Waals surface area contributed by atoms with Gasteiger partial charge in [0, 0.05) is 26.6 Å². The molecule has 8 heteroatoms. The fourth-order valence-corrected chi connectivity index (χ4v) is 3.61. The van der Waals surface area contributed by atoms with Gasteiger partial charge in [0.15, 0.2) is 5.09 Å². The summed E-state index contributed by atoms with van der Waals surface area (Å²) in [5.74, 6) is 0.143. The van der Waals surface area contributed by atoms with E-state index in [1.165, 1.54) is 18.0 Å². The molecule has 1 aromatic heterocycles. The van der Waals surface area contributed by atoms with Gasteiger partial charge in [-0.05, 0) is 58.4 Å². The van der Waals surface area contributed by atoms with Crippen LogP contribution >= 0.6 is 50.9 Å². The predicted molar refractivity (Wildman–Crippen MR) is 108 cm³/mol. The van der Waals surface area contributed by atoms with Gasteiger partial charge in [-0.3, -0.25) is 4.79 Å². The van der Waals surface area contributed by atoms with Crippen LogP contribution < -0.4 is 5.43 Å². The first-order valence-corrected chi connectivity index (χ1v) is 9.69. The van der Waals surface area contributed by atoms with Crippen LogP contribution in [0.3, 0.4) is 0 Å². The highest BCUT2D eigenvalue weighted by Gasteiger charge is 2.10. The fraction of sp³-hybridized carbons (Fsp3) is 0. The summed E-state index contributed by atoms with van der Waals surface area (Å²) in [6.07, 6.45) is 1.43. The Hall–Kier alpha value is -1.73. The molecule has 3 rings (SSSR count). The van der Waals surface area contributed by atoms with Crippen LogP contribution in [0.5, 0.6) is 0 Å². The van der Waals surface area contributed by atoms with Crippen LogP contribution in [0.15, 0.2) is 78.6 Å². The maximum absolute atomic E-state index is 12.0. The predicted octanol–water partition coefficient (Wildman–Crippen LogP) is 6.26. The van der Waals surface area contributed by atoms with E-state index in [9.17, 15) is 4.79 Å². The zero-order valence-corrected chi connectivity index (χ0v) is 17.0. The van der Waals surface area contributed by atoms with Crippen LogP contribution in [0.2, 0.25) is 10.0 Å². The lowest BCUT2D eigenvalue weighted by atomic mass is 10.2. The highest BCUT2D eigenvalue weighted by molar-refractivity contribution is 9.10. The zero-order valence-electron chi connectivity index (χ0n) is 13.1. The lowest BCUT2D eigenvalue weighted by Gasteiger charge is -1.99. The molecule has 0 atom stereocenters. The standard InChI is InChI=1S/C18H11BrCl2N2O2S/c19-16-9-14(25-18(16)26-15-6-4-12(20)5-7-15)10-22-23-17(24)11-2-1-3-13(21)8-11/h1-10H,(H,23,24)/b22-10-. The van der Waals surface area contributed by atoms with Gasteiger partial charge in [0.25, 0.3) is 5.91 Å². The molecule has 0 saturated heterocycles. The number of nitrogens with zero attached hydrogens (tertiary/aromatic N) is 1. The quantitative estimate of drug-likeness (QED) is 0.354. The summed E-state index contributed by atoms with van der Waals surface area (Å²) in [6.45, 7) is 0. The van der Waals surface area contributed by atoms with E-state index >= 15 is 0 Å². The van der Waals surface area contributed by atoms with Crippen LogP contribution in [0.25, 0.3) is 0 Å². The van der Waals surface area contributed by atoms with E-state index in [4.69, 9.17) is 27.6 Å². The van der Waals surface area contributed by atoms with Crippen molar-refractivity contribution in [1.29, 1.82) is 0 Å². The molecule has 1 N–H and O–H groups in total. The van der Waals surface area contributed by atoms with Gasteiger partial charge >= 0.3 is 0 Å². The molecule has 4 nitrogen and oxygen atoms in total. The Labute approximate surface area is 172 Å². The van der Waals surface area contributed by atoms with E-state index in [2.05, 4.69) is 26.5 Å². The molecule has 1 heterocycles. The van der Waals surface area contributed by atoms with Gasteiger partial charge in [0.1, 0.15) is 5.76 Å². The maximum atomic E-state index is 12.0. The molecule has 0 spiro atoms. The van der Waals surface area contributed by atoms with Crippen LogP contribution in [0.4, 0.5) is 0 Å². The number of hydrogen-bond donors (Lipinski definition) is 1. The minimum atomic E-state index is -0.356. The fourth-order valence-electron chi connectivity index (χ4n) is 1.96. The molecule has 0 saturated carbocycles. The second-order valence-corrected chi connectivity index (χ2v) is 7.82. The van der Waals surface area contributed by atoms with Gasteiger partial charge in [-0.25, -0.2) is 5.43 Å². The number of furan rings is 1. The second kappa shape index (κ2) is 8.77. The molecule has 0 aliphatic heterocycles. The van der Waals surface area contributed by atoms with Crippen molar-refractivity contribution in [3.05, 3.63) is 80.4 Å². The average molecular weight is 470 g/mol. The molecule has 0 aliphatic rings. The number of halogens is 3. The monoisotopic (exact) mass is 468 g/mol. The first-order valence-electron chi connectivity index (χ1n) is 7.33. The van der Waals surface area contributed by atoms with Crippen LogP contribution in [-0.2, 0) is 0 Å². The summed E-state index contributed by atoms with van der Waals surface area (Å²) in [5, 5.41) is 5.75. The molecule has 0 unspecified atom stereocenters. The molecule has 0 radical (unpaired) electrons. The van der Waals surface area contributed by atoms with Gasteiger partial charge in [0.2, 0.25) is 0 Å². The van der Waals surface area contributed by atoms with Gasteiger partial charge in [0.05, 0.1) is 10.7 Å². The summed E-state index contributed by atoms with van der Waals surface area (Å²) >= 11 is 16.6. The largest absolute Gasteiger partial charge is 0.447 e. The van der Waals surface area contributed by atoms with Crippen molar-refractivity contribution >= 4 is 63.0 Å². The second-order valence-electron chi connectivity index (χ2n) is 5.05. The molecular formula is C18H11BrCl2N2O2S. The highest BCUT2D eigenvalue weighted by Crippen LogP contribution is 2.35. The van der Waals surface area contributed by atoms with Crippen molar-refractivity contribution in [2.45, 2.75) is 9.99 Å². The summed E-state index contributed by atoms with van der Waals surface area (Å²) in [6, 6.07) is 15.8. The molecule has 2 aromatic carbocycles. The Kier molecular flexibility index (Phi) is 6.43. The average Bonchev–Trinajstić information content (AvgIpc) is 2.96. The first-order chi connectivity index (χ1) is 12.5. The first kappa shape index (κ1) is 19.0. The Balaban J connectivity index is 1.64. The van der Waals surface area contributed by atoms with Crippen LogP contribution in [-0.4, -0.2) is 12.1 Å². The third kappa shape index (κ3) is 5.14. The van der Waals surface area contributed by atoms with E-state index < -0.39 is 0 Å². The maximum Gasteiger partial charge on any atom is 0.271 e. The van der Waals surface area contributed by atoms with Crippen molar-refractivity contribution in [1.82, 2.24) is 5.43 Å². The number of rotatable bonds is 5. The van der Waals surface area contributed by atoms with Gasteiger partial charge < -0.3 is 4.42 Å². The van der Waals surface area contributed by atoms with Gasteiger partial charge in [-0.15, -0.1) is 0 Å². The summed E-state index contributed by atoms with van der Waals surface area (Å²) in [5.41, 5.74) is 2.86. The number of amides is 1. The van der Waals surface area contributed by atoms with Crippen molar-refractivity contribution < 1.29 is 9.21 Å². The minimum Gasteiger partial charge on any atom is -0.447 e. The smallest absolute Gasteiger partial charge is 0.271 e. The Morgan fingerprint density at radius 2 is 1.88 bits per heavy atom. The number of hydrogen-bond acceptors (Lipinski definition) is 4. The molecule has 132 valence electrons. The van der Waals surface area contributed by atoms with E-state index in [-0.39, 0.29) is 5.91 Å². The normalized spacial score (nSPS) is 11.0. The SMILES string of the molecule is O=C(N/N=C\c1cc(Br)c(Sc2ccc(Cl)cc2)o1)c1cccc(Cl)c1. The summed E-state index contributed by atoms with van der Waals surface area (Å²) in [7, 11) is 0. The number of benzene rings is 2. The van der Waals surface area contributed by atoms with E-state index in [0.717, 1.165) is 9.37 Å². The Morgan fingerprint density at radius 3 is 2.62 bits per heavy atom. The minimum absolute atomic E-state index is 0.356. The topological polar surface area (TPSA) is 54.6 Å². The zero-order chi connectivity index (χ0) is 18.5. The number of carbonyl (C=O) groups is 1. The van der Waals surface area contributed by atoms with Gasteiger partial charge in [-0.2, -0.15) is 5.10 Å². The summed E-state index contributed by atoms with van der Waals surface area (Å²) in [4.78, 5) is 13.0. The Morgan fingerprint density at radius 1 is 1.12 bits per heavy atom. The van der Waals surface area contributed by atoms with Crippen molar-refractivity contribution in [3.63, 3.8) is 0 Å².